The lowest BCUT2D eigenvalue weighted by atomic mass is 9.80. The van der Waals surface area contributed by atoms with E-state index in [9.17, 15) is 4.79 Å². The van der Waals surface area contributed by atoms with Crippen LogP contribution in [0.3, 0.4) is 0 Å². The third-order valence-electron chi connectivity index (χ3n) is 5.59. The zero-order chi connectivity index (χ0) is 21.4. The summed E-state index contributed by atoms with van der Waals surface area (Å²) < 4.78 is 6.78. The molecule has 0 bridgehead atoms. The van der Waals surface area contributed by atoms with Crippen LogP contribution in [0.25, 0.3) is 0 Å². The van der Waals surface area contributed by atoms with Gasteiger partial charge in [0.1, 0.15) is 11.9 Å². The summed E-state index contributed by atoms with van der Waals surface area (Å²) in [4.78, 5) is 12.0. The maximum absolute atomic E-state index is 12.0. The first-order valence-corrected chi connectivity index (χ1v) is 10.6. The minimum Gasteiger partial charge on any atom is -0.360 e. The van der Waals surface area contributed by atoms with Gasteiger partial charge < -0.3 is 9.53 Å². The van der Waals surface area contributed by atoms with Crippen molar-refractivity contribution in [3.05, 3.63) is 144 Å². The largest absolute Gasteiger partial charge is 0.360 e. The fourth-order valence-corrected chi connectivity index (χ4v) is 4.06. The number of rotatable bonds is 9. The molecular formula is C29H26O2. The van der Waals surface area contributed by atoms with Gasteiger partial charge in [0, 0.05) is 5.92 Å². The SMILES string of the molecule is O=CC(COC(c1ccccc1)(c1ccccc1)c1ccccc1)Cc1ccccc1. The summed E-state index contributed by atoms with van der Waals surface area (Å²) >= 11 is 0. The fraction of sp³-hybridized carbons (Fsp3) is 0.138. The van der Waals surface area contributed by atoms with E-state index in [4.69, 9.17) is 4.74 Å². The summed E-state index contributed by atoms with van der Waals surface area (Å²) in [6.45, 7) is 0.317. The summed E-state index contributed by atoms with van der Waals surface area (Å²) in [5, 5.41) is 0. The lowest BCUT2D eigenvalue weighted by Crippen LogP contribution is -2.35. The number of hydrogen-bond acceptors (Lipinski definition) is 2. The minimum atomic E-state index is -0.804. The number of hydrogen-bond donors (Lipinski definition) is 0. The Morgan fingerprint density at radius 3 is 1.39 bits per heavy atom. The number of carbonyl (C=O) groups excluding carboxylic acids is 1. The lowest BCUT2D eigenvalue weighted by molar-refractivity contribution is -0.114. The summed E-state index contributed by atoms with van der Waals surface area (Å²) in [6.07, 6.45) is 1.66. The Morgan fingerprint density at radius 2 is 1.00 bits per heavy atom. The third kappa shape index (κ3) is 4.65. The first kappa shape index (κ1) is 20.8. The first-order chi connectivity index (χ1) is 15.3. The number of carbonyl (C=O) groups is 1. The second kappa shape index (κ2) is 10.0. The van der Waals surface area contributed by atoms with Crippen molar-refractivity contribution in [2.45, 2.75) is 12.0 Å². The van der Waals surface area contributed by atoms with Gasteiger partial charge in [-0.3, -0.25) is 0 Å². The second-order valence-corrected chi connectivity index (χ2v) is 7.68. The molecule has 1 atom stereocenters. The van der Waals surface area contributed by atoms with Gasteiger partial charge in [-0.15, -0.1) is 0 Å². The quantitative estimate of drug-likeness (QED) is 0.250. The molecule has 0 aliphatic heterocycles. The van der Waals surface area contributed by atoms with Crippen LogP contribution < -0.4 is 0 Å². The maximum Gasteiger partial charge on any atom is 0.143 e. The predicted octanol–water partition coefficient (Wildman–Crippen LogP) is 6.05. The molecule has 4 aromatic carbocycles. The van der Waals surface area contributed by atoms with Crippen molar-refractivity contribution in [2.75, 3.05) is 6.61 Å². The zero-order valence-electron chi connectivity index (χ0n) is 17.4. The van der Waals surface area contributed by atoms with Crippen LogP contribution in [-0.2, 0) is 21.6 Å². The van der Waals surface area contributed by atoms with Gasteiger partial charge >= 0.3 is 0 Å². The van der Waals surface area contributed by atoms with Crippen LogP contribution in [0.15, 0.2) is 121 Å². The average Bonchev–Trinajstić information content (AvgIpc) is 2.86. The molecule has 0 N–H and O–H groups in total. The van der Waals surface area contributed by atoms with Gasteiger partial charge in [0.05, 0.1) is 6.61 Å². The van der Waals surface area contributed by atoms with Crippen molar-refractivity contribution in [3.63, 3.8) is 0 Å². The smallest absolute Gasteiger partial charge is 0.143 e. The van der Waals surface area contributed by atoms with E-state index >= 15 is 0 Å². The highest BCUT2D eigenvalue weighted by Gasteiger charge is 2.38. The highest BCUT2D eigenvalue weighted by atomic mass is 16.5. The Kier molecular flexibility index (Phi) is 6.71. The van der Waals surface area contributed by atoms with Gasteiger partial charge in [-0.05, 0) is 28.7 Å². The number of benzene rings is 4. The van der Waals surface area contributed by atoms with E-state index in [-0.39, 0.29) is 5.92 Å². The molecule has 0 radical (unpaired) electrons. The molecule has 0 spiro atoms. The van der Waals surface area contributed by atoms with Crippen LogP contribution in [0.2, 0.25) is 0 Å². The summed E-state index contributed by atoms with van der Waals surface area (Å²) in [5.74, 6) is -0.238. The van der Waals surface area contributed by atoms with Gasteiger partial charge in [0.15, 0.2) is 0 Å². The highest BCUT2D eigenvalue weighted by Crippen LogP contribution is 2.40. The van der Waals surface area contributed by atoms with Crippen molar-refractivity contribution in [2.24, 2.45) is 5.92 Å². The molecule has 4 rings (SSSR count). The van der Waals surface area contributed by atoms with Gasteiger partial charge in [-0.1, -0.05) is 121 Å². The van der Waals surface area contributed by atoms with E-state index < -0.39 is 5.60 Å². The van der Waals surface area contributed by atoms with E-state index in [2.05, 4.69) is 48.5 Å². The van der Waals surface area contributed by atoms with Gasteiger partial charge in [0.2, 0.25) is 0 Å². The molecule has 0 amide bonds. The van der Waals surface area contributed by atoms with Crippen LogP contribution in [0.5, 0.6) is 0 Å². The molecule has 0 aromatic heterocycles. The van der Waals surface area contributed by atoms with Gasteiger partial charge in [-0.2, -0.15) is 0 Å². The molecule has 0 aliphatic rings. The molecule has 154 valence electrons. The Balaban J connectivity index is 1.75. The van der Waals surface area contributed by atoms with Crippen LogP contribution >= 0.6 is 0 Å². The summed E-state index contributed by atoms with van der Waals surface area (Å²) in [5.41, 5.74) is 3.44. The average molecular weight is 407 g/mol. The fourth-order valence-electron chi connectivity index (χ4n) is 4.06. The highest BCUT2D eigenvalue weighted by molar-refractivity contribution is 5.55. The normalized spacial score (nSPS) is 12.3. The van der Waals surface area contributed by atoms with Crippen molar-refractivity contribution in [1.29, 1.82) is 0 Å². The molecule has 0 fully saturated rings. The first-order valence-electron chi connectivity index (χ1n) is 10.6. The molecule has 31 heavy (non-hydrogen) atoms. The Morgan fingerprint density at radius 1 is 0.613 bits per heavy atom. The molecule has 0 saturated heterocycles. The summed E-state index contributed by atoms with van der Waals surface area (Å²) in [7, 11) is 0. The molecule has 1 unspecified atom stereocenters. The van der Waals surface area contributed by atoms with Crippen molar-refractivity contribution in [1.82, 2.24) is 0 Å². The molecule has 4 aromatic rings. The van der Waals surface area contributed by atoms with Crippen LogP contribution in [0.4, 0.5) is 0 Å². The van der Waals surface area contributed by atoms with Crippen LogP contribution in [0, 0.1) is 5.92 Å². The standard InChI is InChI=1S/C29H26O2/c30-22-25(21-24-13-5-1-6-14-24)23-31-29(26-15-7-2-8-16-26,27-17-9-3-10-18-27)28-19-11-4-12-20-28/h1-20,22,25H,21,23H2. The zero-order valence-corrected chi connectivity index (χ0v) is 17.4. The van der Waals surface area contributed by atoms with Crippen molar-refractivity contribution in [3.8, 4) is 0 Å². The van der Waals surface area contributed by atoms with E-state index in [0.29, 0.717) is 13.0 Å². The van der Waals surface area contributed by atoms with E-state index in [1.165, 1.54) is 0 Å². The number of ether oxygens (including phenoxy) is 1. The molecule has 2 heteroatoms. The Hall–Kier alpha value is -3.49. The van der Waals surface area contributed by atoms with Crippen LogP contribution in [-0.4, -0.2) is 12.9 Å². The summed E-state index contributed by atoms with van der Waals surface area (Å²) in [6, 6.07) is 40.8. The predicted molar refractivity (Wildman–Crippen MR) is 125 cm³/mol. The minimum absolute atomic E-state index is 0.238. The maximum atomic E-state index is 12.0. The topological polar surface area (TPSA) is 26.3 Å². The van der Waals surface area contributed by atoms with Crippen molar-refractivity contribution < 1.29 is 9.53 Å². The van der Waals surface area contributed by atoms with E-state index in [1.807, 2.05) is 72.8 Å². The van der Waals surface area contributed by atoms with E-state index in [1.54, 1.807) is 0 Å². The molecule has 0 saturated carbocycles. The van der Waals surface area contributed by atoms with Gasteiger partial charge in [-0.25, -0.2) is 0 Å². The van der Waals surface area contributed by atoms with Crippen molar-refractivity contribution >= 4 is 6.29 Å². The molecular weight excluding hydrogens is 380 g/mol. The molecule has 2 nitrogen and oxygen atoms in total. The monoisotopic (exact) mass is 406 g/mol. The van der Waals surface area contributed by atoms with Crippen LogP contribution in [0.1, 0.15) is 22.3 Å². The lowest BCUT2D eigenvalue weighted by Gasteiger charge is -2.36. The second-order valence-electron chi connectivity index (χ2n) is 7.68. The van der Waals surface area contributed by atoms with E-state index in [0.717, 1.165) is 28.5 Å². The molecule has 0 heterocycles. The Bertz CT molecular complexity index is 964. The molecule has 0 aliphatic carbocycles. The van der Waals surface area contributed by atoms with Gasteiger partial charge in [0.25, 0.3) is 0 Å². The third-order valence-corrected chi connectivity index (χ3v) is 5.59. The number of aldehydes is 1. The Labute approximate surface area is 184 Å².